The number of hydrogen-bond donors (Lipinski definition) is 1. The number of amides is 1. The maximum Gasteiger partial charge on any atom is 0.338 e. The smallest absolute Gasteiger partial charge is 0.338 e. The molecule has 0 fully saturated rings. The third kappa shape index (κ3) is 4.87. The zero-order chi connectivity index (χ0) is 18.4. The predicted molar refractivity (Wildman–Crippen MR) is 98.0 cm³/mol. The Morgan fingerprint density at radius 1 is 0.960 bits per heavy atom. The van der Waals surface area contributed by atoms with E-state index in [1.165, 1.54) is 12.1 Å². The Balaban J connectivity index is 2.13. The van der Waals surface area contributed by atoms with Gasteiger partial charge in [-0.15, -0.1) is 0 Å². The molecule has 5 nitrogen and oxygen atoms in total. The van der Waals surface area contributed by atoms with Crippen LogP contribution in [0.4, 0.5) is 5.69 Å². The Kier molecular flexibility index (Phi) is 6.67. The second-order valence-electron chi connectivity index (χ2n) is 4.95. The molecule has 0 heterocycles. The molecule has 0 aliphatic carbocycles. The van der Waals surface area contributed by atoms with Crippen LogP contribution in [0, 0.1) is 0 Å². The topological polar surface area (TPSA) is 64.6 Å². The number of benzene rings is 2. The van der Waals surface area contributed by atoms with Gasteiger partial charge in [-0.05, 0) is 50.2 Å². The highest BCUT2D eigenvalue weighted by molar-refractivity contribution is 6.37. The molecule has 0 aliphatic heterocycles. The summed E-state index contributed by atoms with van der Waals surface area (Å²) in [7, 11) is 0. The number of carbonyl (C=O) groups excluding carboxylic acids is 2. The van der Waals surface area contributed by atoms with Crippen LogP contribution in [0.3, 0.4) is 0 Å². The lowest BCUT2D eigenvalue weighted by molar-refractivity contribution is 0.0526. The number of hydrogen-bond acceptors (Lipinski definition) is 4. The molecule has 0 atom stereocenters. The number of halogens is 2. The van der Waals surface area contributed by atoms with Crippen molar-refractivity contribution in [2.24, 2.45) is 0 Å². The van der Waals surface area contributed by atoms with Crippen molar-refractivity contribution >= 4 is 40.8 Å². The molecule has 0 aromatic heterocycles. The number of nitrogens with one attached hydrogen (secondary N) is 1. The number of anilines is 1. The molecular formula is C18H17Cl2NO4. The third-order valence-corrected chi connectivity index (χ3v) is 3.76. The summed E-state index contributed by atoms with van der Waals surface area (Å²) in [5, 5.41) is 3.32. The second kappa shape index (κ2) is 8.74. The van der Waals surface area contributed by atoms with E-state index in [-0.39, 0.29) is 5.91 Å². The van der Waals surface area contributed by atoms with E-state index in [4.69, 9.17) is 32.7 Å². The lowest BCUT2D eigenvalue weighted by atomic mass is 10.1. The van der Waals surface area contributed by atoms with Crippen molar-refractivity contribution in [1.29, 1.82) is 0 Å². The highest BCUT2D eigenvalue weighted by Crippen LogP contribution is 2.36. The molecule has 0 saturated carbocycles. The van der Waals surface area contributed by atoms with Gasteiger partial charge in [-0.1, -0.05) is 23.2 Å². The first-order chi connectivity index (χ1) is 12.0. The quantitative estimate of drug-likeness (QED) is 0.728. The maximum atomic E-state index is 12.3. The lowest BCUT2D eigenvalue weighted by Crippen LogP contribution is -2.12. The van der Waals surface area contributed by atoms with Gasteiger partial charge in [0.1, 0.15) is 0 Å². The Hall–Kier alpha value is -2.24. The molecule has 0 bridgehead atoms. The summed E-state index contributed by atoms with van der Waals surface area (Å²) < 4.78 is 10.2. The molecule has 132 valence electrons. The van der Waals surface area contributed by atoms with Gasteiger partial charge >= 0.3 is 5.97 Å². The van der Waals surface area contributed by atoms with Crippen LogP contribution in [0.1, 0.15) is 34.6 Å². The van der Waals surface area contributed by atoms with Crippen LogP contribution in [-0.4, -0.2) is 25.1 Å². The van der Waals surface area contributed by atoms with Gasteiger partial charge in [0.25, 0.3) is 5.91 Å². The highest BCUT2D eigenvalue weighted by Gasteiger charge is 2.13. The van der Waals surface area contributed by atoms with Gasteiger partial charge in [-0.2, -0.15) is 0 Å². The van der Waals surface area contributed by atoms with Crippen LogP contribution in [0.2, 0.25) is 10.0 Å². The Labute approximate surface area is 155 Å². The van der Waals surface area contributed by atoms with Crippen molar-refractivity contribution in [2.75, 3.05) is 18.5 Å². The minimum absolute atomic E-state index is 0.292. The van der Waals surface area contributed by atoms with E-state index in [1.807, 2.05) is 6.92 Å². The molecule has 25 heavy (non-hydrogen) atoms. The standard InChI is InChI=1S/C18H17Cl2NO4/c1-3-24-16-14(19)9-13(10-15(16)20)21-17(22)11-5-7-12(8-6-11)18(23)25-4-2/h5-10H,3-4H2,1-2H3,(H,21,22). The van der Waals surface area contributed by atoms with Crippen molar-refractivity contribution < 1.29 is 19.1 Å². The maximum absolute atomic E-state index is 12.3. The van der Waals surface area contributed by atoms with Gasteiger partial charge in [-0.25, -0.2) is 4.79 Å². The summed E-state index contributed by atoms with van der Waals surface area (Å²) in [6.45, 7) is 4.27. The van der Waals surface area contributed by atoms with Crippen molar-refractivity contribution in [3.8, 4) is 5.75 Å². The largest absolute Gasteiger partial charge is 0.491 e. The summed E-state index contributed by atoms with van der Waals surface area (Å²) in [6.07, 6.45) is 0. The van der Waals surface area contributed by atoms with E-state index in [0.717, 1.165) is 0 Å². The number of rotatable bonds is 6. The highest BCUT2D eigenvalue weighted by atomic mass is 35.5. The van der Waals surface area contributed by atoms with Gasteiger partial charge in [0, 0.05) is 11.3 Å². The van der Waals surface area contributed by atoms with Gasteiger partial charge in [0.2, 0.25) is 0 Å². The molecule has 7 heteroatoms. The molecule has 2 aromatic carbocycles. The van der Waals surface area contributed by atoms with Crippen LogP contribution < -0.4 is 10.1 Å². The SMILES string of the molecule is CCOC(=O)c1ccc(C(=O)Nc2cc(Cl)c(OCC)c(Cl)c2)cc1. The Bertz CT molecular complexity index is 752. The average Bonchev–Trinajstić information content (AvgIpc) is 2.58. The van der Waals surface area contributed by atoms with E-state index in [9.17, 15) is 9.59 Å². The van der Waals surface area contributed by atoms with E-state index >= 15 is 0 Å². The van der Waals surface area contributed by atoms with Gasteiger partial charge in [-0.3, -0.25) is 4.79 Å². The van der Waals surface area contributed by atoms with E-state index < -0.39 is 5.97 Å². The van der Waals surface area contributed by atoms with Crippen LogP contribution >= 0.6 is 23.2 Å². The first-order valence-electron chi connectivity index (χ1n) is 7.66. The number of esters is 1. The van der Waals surface area contributed by atoms with Gasteiger partial charge < -0.3 is 14.8 Å². The van der Waals surface area contributed by atoms with Crippen molar-refractivity contribution in [3.05, 3.63) is 57.6 Å². The zero-order valence-electron chi connectivity index (χ0n) is 13.8. The van der Waals surface area contributed by atoms with Gasteiger partial charge in [0.15, 0.2) is 5.75 Å². The van der Waals surface area contributed by atoms with E-state index in [2.05, 4.69) is 5.32 Å². The fraction of sp³-hybridized carbons (Fsp3) is 0.222. The lowest BCUT2D eigenvalue weighted by Gasteiger charge is -2.11. The third-order valence-electron chi connectivity index (χ3n) is 3.20. The summed E-state index contributed by atoms with van der Waals surface area (Å²) in [6, 6.07) is 9.27. The molecule has 1 amide bonds. The first-order valence-corrected chi connectivity index (χ1v) is 8.42. The minimum Gasteiger partial charge on any atom is -0.491 e. The first kappa shape index (κ1) is 19.1. The minimum atomic E-state index is -0.431. The molecule has 1 N–H and O–H groups in total. The zero-order valence-corrected chi connectivity index (χ0v) is 15.3. The van der Waals surface area contributed by atoms with Gasteiger partial charge in [0.05, 0.1) is 28.8 Å². The second-order valence-corrected chi connectivity index (χ2v) is 5.77. The summed E-state index contributed by atoms with van der Waals surface area (Å²) in [5.74, 6) is -0.408. The molecular weight excluding hydrogens is 365 g/mol. The van der Waals surface area contributed by atoms with Crippen molar-refractivity contribution in [1.82, 2.24) is 0 Å². The molecule has 0 saturated heterocycles. The average molecular weight is 382 g/mol. The fourth-order valence-corrected chi connectivity index (χ4v) is 2.69. The van der Waals surface area contributed by atoms with Crippen LogP contribution in [-0.2, 0) is 4.74 Å². The van der Waals surface area contributed by atoms with E-state index in [0.29, 0.717) is 45.8 Å². The molecule has 0 radical (unpaired) electrons. The normalized spacial score (nSPS) is 10.2. The number of ether oxygens (including phenoxy) is 2. The summed E-state index contributed by atoms with van der Waals surface area (Å²) in [4.78, 5) is 23.9. The Morgan fingerprint density at radius 3 is 2.04 bits per heavy atom. The van der Waals surface area contributed by atoms with Crippen molar-refractivity contribution in [2.45, 2.75) is 13.8 Å². The van der Waals surface area contributed by atoms with Crippen molar-refractivity contribution in [3.63, 3.8) is 0 Å². The van der Waals surface area contributed by atoms with E-state index in [1.54, 1.807) is 31.2 Å². The monoisotopic (exact) mass is 381 g/mol. The van der Waals surface area contributed by atoms with Crippen LogP contribution in [0.15, 0.2) is 36.4 Å². The summed E-state index contributed by atoms with van der Waals surface area (Å²) in [5.41, 5.74) is 1.21. The molecule has 0 aliphatic rings. The van der Waals surface area contributed by atoms with Crippen LogP contribution in [0.25, 0.3) is 0 Å². The van der Waals surface area contributed by atoms with Crippen LogP contribution in [0.5, 0.6) is 5.75 Å². The number of carbonyl (C=O) groups is 2. The molecule has 0 spiro atoms. The predicted octanol–water partition coefficient (Wildman–Crippen LogP) is 4.82. The summed E-state index contributed by atoms with van der Waals surface area (Å²) >= 11 is 12.2. The Morgan fingerprint density at radius 2 is 1.52 bits per heavy atom. The molecule has 2 aromatic rings. The molecule has 0 unspecified atom stereocenters. The molecule has 2 rings (SSSR count). The fourth-order valence-electron chi connectivity index (χ4n) is 2.09.